The molecule has 0 radical (unpaired) electrons. The average molecular weight is 252 g/mol. The van der Waals surface area contributed by atoms with Crippen molar-refractivity contribution in [1.29, 1.82) is 0 Å². The van der Waals surface area contributed by atoms with Crippen LogP contribution in [0.4, 0.5) is 11.8 Å². The van der Waals surface area contributed by atoms with Crippen molar-refractivity contribution in [2.75, 3.05) is 23.7 Å². The fraction of sp³-hybridized carbons (Fsp3) is 0.692. The van der Waals surface area contributed by atoms with E-state index >= 15 is 0 Å². The highest BCUT2D eigenvalue weighted by atomic mass is 16.3. The molecule has 18 heavy (non-hydrogen) atoms. The lowest BCUT2D eigenvalue weighted by Crippen LogP contribution is -2.14. The largest absolute Gasteiger partial charge is 0.393 e. The number of hydrogen-bond acceptors (Lipinski definition) is 5. The van der Waals surface area contributed by atoms with E-state index in [0.717, 1.165) is 43.9 Å². The molecule has 1 atom stereocenters. The third-order valence-electron chi connectivity index (χ3n) is 2.64. The zero-order valence-corrected chi connectivity index (χ0v) is 11.5. The lowest BCUT2D eigenvalue weighted by Gasteiger charge is -2.11. The van der Waals surface area contributed by atoms with Crippen LogP contribution in [0.2, 0.25) is 0 Å². The number of aromatic nitrogens is 2. The number of rotatable bonds is 8. The van der Waals surface area contributed by atoms with E-state index in [1.807, 2.05) is 19.9 Å². The highest BCUT2D eigenvalue weighted by Gasteiger charge is 2.03. The van der Waals surface area contributed by atoms with E-state index in [1.54, 1.807) is 0 Å². The van der Waals surface area contributed by atoms with Gasteiger partial charge in [0.2, 0.25) is 5.95 Å². The third-order valence-corrected chi connectivity index (χ3v) is 2.64. The standard InChI is InChI=1S/C13H24N4O/c1-4-7-15-13-16-10(3)9-12(17-13)14-8-6-11(18)5-2/h9,11,18H,4-8H2,1-3H3,(H2,14,15,16,17). The molecule has 102 valence electrons. The van der Waals surface area contributed by atoms with Gasteiger partial charge in [-0.2, -0.15) is 4.98 Å². The minimum Gasteiger partial charge on any atom is -0.393 e. The van der Waals surface area contributed by atoms with Crippen molar-refractivity contribution in [3.63, 3.8) is 0 Å². The number of aryl methyl sites for hydroxylation is 1. The van der Waals surface area contributed by atoms with Gasteiger partial charge in [-0.3, -0.25) is 0 Å². The van der Waals surface area contributed by atoms with E-state index in [9.17, 15) is 5.11 Å². The summed E-state index contributed by atoms with van der Waals surface area (Å²) in [4.78, 5) is 8.70. The van der Waals surface area contributed by atoms with Gasteiger partial charge in [0.25, 0.3) is 0 Å². The molecule has 1 rings (SSSR count). The van der Waals surface area contributed by atoms with Gasteiger partial charge < -0.3 is 15.7 Å². The van der Waals surface area contributed by atoms with Crippen LogP contribution in [-0.4, -0.2) is 34.3 Å². The molecule has 0 aromatic carbocycles. The summed E-state index contributed by atoms with van der Waals surface area (Å²) in [6.45, 7) is 7.63. The number of aliphatic hydroxyl groups excluding tert-OH is 1. The molecule has 1 heterocycles. The number of aliphatic hydroxyl groups is 1. The molecule has 5 nitrogen and oxygen atoms in total. The second-order valence-electron chi connectivity index (χ2n) is 4.42. The van der Waals surface area contributed by atoms with Crippen LogP contribution < -0.4 is 10.6 Å². The molecular weight excluding hydrogens is 228 g/mol. The summed E-state index contributed by atoms with van der Waals surface area (Å²) < 4.78 is 0. The van der Waals surface area contributed by atoms with E-state index in [2.05, 4.69) is 27.5 Å². The van der Waals surface area contributed by atoms with Gasteiger partial charge in [-0.05, 0) is 26.2 Å². The van der Waals surface area contributed by atoms with Gasteiger partial charge in [0.1, 0.15) is 5.82 Å². The van der Waals surface area contributed by atoms with Crippen molar-refractivity contribution in [2.24, 2.45) is 0 Å². The van der Waals surface area contributed by atoms with Gasteiger partial charge in [0, 0.05) is 24.8 Å². The Morgan fingerprint density at radius 1 is 1.22 bits per heavy atom. The monoisotopic (exact) mass is 252 g/mol. The molecule has 1 aromatic rings. The van der Waals surface area contributed by atoms with Crippen LogP contribution >= 0.6 is 0 Å². The Hall–Kier alpha value is -1.36. The molecule has 0 fully saturated rings. The molecule has 1 unspecified atom stereocenters. The molecule has 0 aliphatic carbocycles. The van der Waals surface area contributed by atoms with E-state index < -0.39 is 0 Å². The van der Waals surface area contributed by atoms with Gasteiger partial charge in [-0.25, -0.2) is 4.98 Å². The molecule has 5 heteroatoms. The molecule has 0 amide bonds. The van der Waals surface area contributed by atoms with Crippen molar-refractivity contribution in [1.82, 2.24) is 9.97 Å². The van der Waals surface area contributed by atoms with E-state index in [-0.39, 0.29) is 6.10 Å². The first kappa shape index (κ1) is 14.7. The van der Waals surface area contributed by atoms with Gasteiger partial charge >= 0.3 is 0 Å². The summed E-state index contributed by atoms with van der Waals surface area (Å²) in [5, 5.41) is 15.9. The Kier molecular flexibility index (Phi) is 6.43. The Bertz CT molecular complexity index is 357. The summed E-state index contributed by atoms with van der Waals surface area (Å²) in [5.41, 5.74) is 0.933. The number of anilines is 2. The molecule has 0 aliphatic rings. The van der Waals surface area contributed by atoms with Crippen LogP contribution in [-0.2, 0) is 0 Å². The Balaban J connectivity index is 2.51. The van der Waals surface area contributed by atoms with Gasteiger partial charge in [-0.15, -0.1) is 0 Å². The smallest absolute Gasteiger partial charge is 0.224 e. The summed E-state index contributed by atoms with van der Waals surface area (Å²) in [6, 6.07) is 1.91. The average Bonchev–Trinajstić information content (AvgIpc) is 2.35. The normalized spacial score (nSPS) is 12.2. The minimum absolute atomic E-state index is 0.238. The van der Waals surface area contributed by atoms with Crippen molar-refractivity contribution >= 4 is 11.8 Å². The third kappa shape index (κ3) is 5.31. The second kappa shape index (κ2) is 7.87. The maximum Gasteiger partial charge on any atom is 0.224 e. The number of nitrogens with zero attached hydrogens (tertiary/aromatic N) is 2. The highest BCUT2D eigenvalue weighted by Crippen LogP contribution is 2.10. The molecule has 1 aromatic heterocycles. The van der Waals surface area contributed by atoms with Crippen LogP contribution in [0, 0.1) is 6.92 Å². The Labute approximate surface area is 109 Å². The van der Waals surface area contributed by atoms with Gasteiger partial charge in [0.15, 0.2) is 0 Å². The van der Waals surface area contributed by atoms with Crippen molar-refractivity contribution < 1.29 is 5.11 Å². The van der Waals surface area contributed by atoms with Gasteiger partial charge in [-0.1, -0.05) is 13.8 Å². The van der Waals surface area contributed by atoms with E-state index in [4.69, 9.17) is 0 Å². The topological polar surface area (TPSA) is 70.1 Å². The van der Waals surface area contributed by atoms with Crippen LogP contribution in [0.15, 0.2) is 6.07 Å². The van der Waals surface area contributed by atoms with Crippen LogP contribution in [0.5, 0.6) is 0 Å². The zero-order chi connectivity index (χ0) is 13.4. The zero-order valence-electron chi connectivity index (χ0n) is 11.5. The maximum atomic E-state index is 9.48. The highest BCUT2D eigenvalue weighted by molar-refractivity contribution is 5.42. The van der Waals surface area contributed by atoms with Crippen LogP contribution in [0.1, 0.15) is 38.8 Å². The van der Waals surface area contributed by atoms with E-state index in [1.165, 1.54) is 0 Å². The lowest BCUT2D eigenvalue weighted by molar-refractivity contribution is 0.164. The van der Waals surface area contributed by atoms with E-state index in [0.29, 0.717) is 5.95 Å². The van der Waals surface area contributed by atoms with Crippen LogP contribution in [0.25, 0.3) is 0 Å². The first-order chi connectivity index (χ1) is 8.65. The molecule has 0 spiro atoms. The molecule has 0 saturated carbocycles. The lowest BCUT2D eigenvalue weighted by atomic mass is 10.2. The quantitative estimate of drug-likeness (QED) is 0.661. The summed E-state index contributed by atoms with van der Waals surface area (Å²) in [6.07, 6.45) is 2.33. The molecule has 3 N–H and O–H groups in total. The molecular formula is C13H24N4O. The molecule has 0 aliphatic heterocycles. The predicted octanol–water partition coefficient (Wildman–Crippen LogP) is 2.18. The van der Waals surface area contributed by atoms with Crippen molar-refractivity contribution in [3.05, 3.63) is 11.8 Å². The number of nitrogens with one attached hydrogen (secondary N) is 2. The predicted molar refractivity (Wildman–Crippen MR) is 75.0 cm³/mol. The first-order valence-electron chi connectivity index (χ1n) is 6.67. The van der Waals surface area contributed by atoms with Gasteiger partial charge in [0.05, 0.1) is 6.10 Å². The SMILES string of the molecule is CCCNc1nc(C)cc(NCCC(O)CC)n1. The molecule has 0 bridgehead atoms. The summed E-state index contributed by atoms with van der Waals surface area (Å²) in [7, 11) is 0. The summed E-state index contributed by atoms with van der Waals surface area (Å²) in [5.74, 6) is 1.47. The number of hydrogen-bond donors (Lipinski definition) is 3. The van der Waals surface area contributed by atoms with Crippen LogP contribution in [0.3, 0.4) is 0 Å². The Morgan fingerprint density at radius 2 is 2.00 bits per heavy atom. The fourth-order valence-corrected chi connectivity index (χ4v) is 1.55. The second-order valence-corrected chi connectivity index (χ2v) is 4.42. The maximum absolute atomic E-state index is 9.48. The van der Waals surface area contributed by atoms with Crippen molar-refractivity contribution in [3.8, 4) is 0 Å². The van der Waals surface area contributed by atoms with Crippen molar-refractivity contribution in [2.45, 2.75) is 46.1 Å². The fourth-order valence-electron chi connectivity index (χ4n) is 1.55. The Morgan fingerprint density at radius 3 is 2.67 bits per heavy atom. The molecule has 0 saturated heterocycles. The first-order valence-corrected chi connectivity index (χ1v) is 6.67. The summed E-state index contributed by atoms with van der Waals surface area (Å²) >= 11 is 0. The minimum atomic E-state index is -0.238.